The van der Waals surface area contributed by atoms with E-state index >= 15 is 0 Å². The summed E-state index contributed by atoms with van der Waals surface area (Å²) in [6.07, 6.45) is 0. The monoisotopic (exact) mass is 482 g/mol. The molecule has 164 valence electrons. The Labute approximate surface area is 179 Å². The molecule has 0 fully saturated rings. The van der Waals surface area contributed by atoms with Crippen molar-refractivity contribution in [1.29, 1.82) is 0 Å². The average molecular weight is 483 g/mol. The van der Waals surface area contributed by atoms with E-state index in [-0.39, 0.29) is 22.9 Å². The first-order valence-corrected chi connectivity index (χ1v) is 13.7. The van der Waals surface area contributed by atoms with Gasteiger partial charge >= 0.3 is 0 Å². The van der Waals surface area contributed by atoms with Crippen molar-refractivity contribution < 1.29 is 25.3 Å². The quantitative estimate of drug-likeness (QED) is 0.614. The predicted molar refractivity (Wildman–Crippen MR) is 115 cm³/mol. The van der Waals surface area contributed by atoms with Gasteiger partial charge in [-0.25, -0.2) is 25.3 Å². The molecule has 2 aliphatic heterocycles. The van der Waals surface area contributed by atoms with Crippen LogP contribution in [0.4, 0.5) is 0 Å². The van der Waals surface area contributed by atoms with E-state index in [1.165, 1.54) is 48.5 Å². The van der Waals surface area contributed by atoms with Crippen molar-refractivity contribution in [2.24, 2.45) is 10.2 Å². The van der Waals surface area contributed by atoms with Crippen LogP contribution in [-0.4, -0.2) is 58.9 Å². The molecule has 0 radical (unpaired) electrons. The molecule has 13 heteroatoms. The lowest BCUT2D eigenvalue weighted by Gasteiger charge is -2.17. The number of hydrogen-bond acceptors (Lipinski definition) is 10. The molecule has 2 unspecified atom stereocenters. The van der Waals surface area contributed by atoms with E-state index < -0.39 is 50.1 Å². The van der Waals surface area contributed by atoms with E-state index in [2.05, 4.69) is 21.1 Å². The number of hydrogen-bond donors (Lipinski definition) is 2. The smallest absolute Gasteiger partial charge is 0.223 e. The molecule has 0 aromatic heterocycles. The molecule has 2 aliphatic rings. The van der Waals surface area contributed by atoms with E-state index in [0.717, 1.165) is 0 Å². The summed E-state index contributed by atoms with van der Waals surface area (Å²) in [6, 6.07) is 14.7. The standard InChI is InChI=1S/C18H18N4O6S3/c23-29(24,13-7-3-1-4-8-13)15-11-19-22-18(15)31(27,28)16-12-20-21-17(16)30(25,26)14-9-5-2-6-10-14/h1-10,15-16,19-20H,11-12H2. The number of rotatable bonds is 4. The zero-order valence-corrected chi connectivity index (χ0v) is 18.4. The summed E-state index contributed by atoms with van der Waals surface area (Å²) in [5.41, 5.74) is 4.85. The van der Waals surface area contributed by atoms with Crippen LogP contribution in [0.25, 0.3) is 0 Å². The fraction of sp³-hybridized carbons (Fsp3) is 0.222. The van der Waals surface area contributed by atoms with Gasteiger partial charge in [0.15, 0.2) is 19.9 Å². The van der Waals surface area contributed by atoms with Crippen molar-refractivity contribution in [2.75, 3.05) is 13.1 Å². The van der Waals surface area contributed by atoms with E-state index in [9.17, 15) is 25.3 Å². The zero-order valence-electron chi connectivity index (χ0n) is 15.9. The van der Waals surface area contributed by atoms with Crippen LogP contribution in [0.15, 0.2) is 80.7 Å². The lowest BCUT2D eigenvalue weighted by atomic mass is 10.4. The Bertz CT molecular complexity index is 1370. The number of benzene rings is 2. The highest BCUT2D eigenvalue weighted by Gasteiger charge is 2.50. The summed E-state index contributed by atoms with van der Waals surface area (Å²) in [4.78, 5) is -0.167. The fourth-order valence-electron chi connectivity index (χ4n) is 3.34. The largest absolute Gasteiger partial charge is 0.307 e. The Hall–Kier alpha value is -2.77. The third kappa shape index (κ3) is 3.62. The molecule has 0 bridgehead atoms. The van der Waals surface area contributed by atoms with Crippen molar-refractivity contribution in [1.82, 2.24) is 10.9 Å². The first kappa shape index (κ1) is 21.5. The third-order valence-electron chi connectivity index (χ3n) is 4.92. The molecule has 2 N–H and O–H groups in total. The lowest BCUT2D eigenvalue weighted by molar-refractivity contribution is 0.587. The minimum atomic E-state index is -4.48. The van der Waals surface area contributed by atoms with Crippen molar-refractivity contribution in [2.45, 2.75) is 20.3 Å². The number of sulfone groups is 3. The van der Waals surface area contributed by atoms with Crippen molar-refractivity contribution >= 4 is 39.6 Å². The van der Waals surface area contributed by atoms with Crippen LogP contribution in [0.2, 0.25) is 0 Å². The van der Waals surface area contributed by atoms with Crippen LogP contribution in [0.5, 0.6) is 0 Å². The third-order valence-corrected chi connectivity index (χ3v) is 11.2. The topological polar surface area (TPSA) is 151 Å². The van der Waals surface area contributed by atoms with Gasteiger partial charge in [-0.1, -0.05) is 36.4 Å². The molecule has 2 heterocycles. The van der Waals surface area contributed by atoms with Crippen LogP contribution >= 0.6 is 0 Å². The van der Waals surface area contributed by atoms with Gasteiger partial charge in [0, 0.05) is 0 Å². The Morgan fingerprint density at radius 2 is 1.06 bits per heavy atom. The van der Waals surface area contributed by atoms with Crippen molar-refractivity contribution in [3.05, 3.63) is 60.7 Å². The van der Waals surface area contributed by atoms with Gasteiger partial charge in [0.2, 0.25) is 19.7 Å². The molecule has 10 nitrogen and oxygen atoms in total. The molecule has 31 heavy (non-hydrogen) atoms. The summed E-state index contributed by atoms with van der Waals surface area (Å²) < 4.78 is 78.9. The fourth-order valence-corrected chi connectivity index (χ4v) is 9.27. The second-order valence-electron chi connectivity index (χ2n) is 6.82. The Kier molecular flexibility index (Phi) is 5.35. The summed E-state index contributed by atoms with van der Waals surface area (Å²) in [6.45, 7) is -0.565. The summed E-state index contributed by atoms with van der Waals surface area (Å²) in [5, 5.41) is 3.15. The number of nitrogens with zero attached hydrogens (tertiary/aromatic N) is 2. The Morgan fingerprint density at radius 1 is 0.613 bits per heavy atom. The SMILES string of the molecule is O=S(=O)(C1=NNCC1S(=O)(=O)C1=NNCC1S(=O)(=O)c1ccccc1)c1ccccc1. The van der Waals surface area contributed by atoms with Crippen molar-refractivity contribution in [3.63, 3.8) is 0 Å². The molecule has 0 saturated heterocycles. The molecule has 0 saturated carbocycles. The number of hydrazone groups is 2. The van der Waals surface area contributed by atoms with Gasteiger partial charge in [0.1, 0.15) is 10.5 Å². The van der Waals surface area contributed by atoms with Gasteiger partial charge in [-0.15, -0.1) is 0 Å². The second kappa shape index (κ2) is 7.73. The Morgan fingerprint density at radius 3 is 1.61 bits per heavy atom. The molecular formula is C18H18N4O6S3. The highest BCUT2D eigenvalue weighted by atomic mass is 32.2. The normalized spacial score (nSPS) is 21.7. The zero-order chi connectivity index (χ0) is 22.3. The molecule has 0 aliphatic carbocycles. The first-order chi connectivity index (χ1) is 14.7. The molecule has 4 rings (SSSR count). The highest BCUT2D eigenvalue weighted by molar-refractivity contribution is 8.14. The molecule has 2 aromatic rings. The lowest BCUT2D eigenvalue weighted by Crippen LogP contribution is -2.45. The molecule has 0 amide bonds. The van der Waals surface area contributed by atoms with Crippen LogP contribution < -0.4 is 10.9 Å². The predicted octanol–water partition coefficient (Wildman–Crippen LogP) is -0.0804. The maximum atomic E-state index is 13.4. The molecule has 2 aromatic carbocycles. The average Bonchev–Trinajstić information content (AvgIpc) is 3.46. The van der Waals surface area contributed by atoms with E-state index in [1.54, 1.807) is 12.1 Å². The highest BCUT2D eigenvalue weighted by Crippen LogP contribution is 2.26. The molecular weight excluding hydrogens is 464 g/mol. The van der Waals surface area contributed by atoms with E-state index in [0.29, 0.717) is 0 Å². The van der Waals surface area contributed by atoms with Crippen LogP contribution in [0, 0.1) is 0 Å². The van der Waals surface area contributed by atoms with Crippen LogP contribution in [0.1, 0.15) is 0 Å². The summed E-state index contributed by atoms with van der Waals surface area (Å²) in [7, 11) is -12.8. The molecule has 2 atom stereocenters. The maximum Gasteiger partial charge on any atom is 0.223 e. The Balaban J connectivity index is 1.72. The van der Waals surface area contributed by atoms with E-state index in [4.69, 9.17) is 0 Å². The van der Waals surface area contributed by atoms with Gasteiger partial charge in [0.05, 0.1) is 22.9 Å². The van der Waals surface area contributed by atoms with Gasteiger partial charge in [-0.2, -0.15) is 10.2 Å². The first-order valence-electron chi connectivity index (χ1n) is 9.10. The van der Waals surface area contributed by atoms with Gasteiger partial charge in [-0.3, -0.25) is 0 Å². The van der Waals surface area contributed by atoms with Gasteiger partial charge < -0.3 is 10.9 Å². The minimum Gasteiger partial charge on any atom is -0.307 e. The second-order valence-corrected chi connectivity index (χ2v) is 12.9. The van der Waals surface area contributed by atoms with E-state index in [1.807, 2.05) is 0 Å². The summed E-state index contributed by atoms with van der Waals surface area (Å²) >= 11 is 0. The number of nitrogens with one attached hydrogen (secondary N) is 2. The summed E-state index contributed by atoms with van der Waals surface area (Å²) in [5.74, 6) is 0. The maximum absolute atomic E-state index is 13.4. The molecule has 0 spiro atoms. The minimum absolute atomic E-state index is 0.0538. The van der Waals surface area contributed by atoms with Gasteiger partial charge in [0.25, 0.3) is 0 Å². The van der Waals surface area contributed by atoms with Gasteiger partial charge in [-0.05, 0) is 24.3 Å². The van der Waals surface area contributed by atoms with Crippen LogP contribution in [-0.2, 0) is 29.5 Å². The van der Waals surface area contributed by atoms with Crippen LogP contribution in [0.3, 0.4) is 0 Å². The van der Waals surface area contributed by atoms with Crippen molar-refractivity contribution in [3.8, 4) is 0 Å².